The second-order valence-electron chi connectivity index (χ2n) is 10.9. The minimum Gasteiger partial charge on any atom is -0.496 e. The van der Waals surface area contributed by atoms with Gasteiger partial charge in [-0.3, -0.25) is 14.2 Å². The molecular weight excluding hydrogens is 662 g/mol. The molecule has 0 bridgehead atoms. The van der Waals surface area contributed by atoms with Crippen LogP contribution in [0.15, 0.2) is 110 Å². The van der Waals surface area contributed by atoms with Crippen LogP contribution >= 0.6 is 27.3 Å². The lowest BCUT2D eigenvalue weighted by molar-refractivity contribution is -0.127. The van der Waals surface area contributed by atoms with E-state index >= 15 is 0 Å². The highest BCUT2D eigenvalue weighted by molar-refractivity contribution is 9.10. The second kappa shape index (κ2) is 13.5. The maximum absolute atomic E-state index is 14.5. The molecule has 0 aliphatic carbocycles. The van der Waals surface area contributed by atoms with E-state index in [9.17, 15) is 9.59 Å². The molecule has 7 nitrogen and oxygen atoms in total. The minimum absolute atomic E-state index is 0.144. The molecule has 9 heteroatoms. The minimum atomic E-state index is -0.705. The van der Waals surface area contributed by atoms with Gasteiger partial charge in [-0.15, -0.1) is 0 Å². The van der Waals surface area contributed by atoms with Crippen LogP contribution in [0.1, 0.15) is 43.5 Å². The van der Waals surface area contributed by atoms with Crippen LogP contribution in [0.5, 0.6) is 11.5 Å². The predicted molar refractivity (Wildman–Crippen MR) is 187 cm³/mol. The number of carbonyl (C=O) groups is 1. The highest BCUT2D eigenvalue weighted by Crippen LogP contribution is 2.36. The first-order chi connectivity index (χ1) is 22.3. The first kappa shape index (κ1) is 31.5. The standard InChI is InChI=1S/C37H34BrN3O4S/c1-5-40(6-2)36(43)33-23(3)39-37-41(34(33)28-13-9-10-14-30(28)44-4)35(42)32(46-37)21-29-27-12-8-7-11-25(27)17-20-31(29)45-22-24-15-18-26(38)19-16-24/h7-21,34H,5-6,22H2,1-4H3/b32-21+/t34-/m1/s1. The average molecular weight is 697 g/mol. The number of halogens is 1. The molecule has 0 fully saturated rings. The maximum Gasteiger partial charge on any atom is 0.271 e. The van der Waals surface area contributed by atoms with Gasteiger partial charge in [0.05, 0.1) is 22.9 Å². The summed E-state index contributed by atoms with van der Waals surface area (Å²) in [6.07, 6.45) is 1.90. The Kier molecular flexibility index (Phi) is 9.24. The van der Waals surface area contributed by atoms with Gasteiger partial charge in [0, 0.05) is 28.7 Å². The molecule has 46 heavy (non-hydrogen) atoms. The van der Waals surface area contributed by atoms with Gasteiger partial charge in [0.2, 0.25) is 0 Å². The molecule has 1 aromatic heterocycles. The molecule has 0 saturated carbocycles. The van der Waals surface area contributed by atoms with E-state index in [-0.39, 0.29) is 11.5 Å². The Labute approximate surface area is 279 Å². The highest BCUT2D eigenvalue weighted by Gasteiger charge is 2.35. The van der Waals surface area contributed by atoms with Crippen LogP contribution in [0.2, 0.25) is 0 Å². The summed E-state index contributed by atoms with van der Waals surface area (Å²) in [5.74, 6) is 1.12. The van der Waals surface area contributed by atoms with Crippen molar-refractivity contribution in [2.24, 2.45) is 4.99 Å². The van der Waals surface area contributed by atoms with E-state index < -0.39 is 6.04 Å². The number of benzene rings is 4. The molecule has 5 aromatic rings. The summed E-state index contributed by atoms with van der Waals surface area (Å²) in [6, 6.07) is 26.9. The fraction of sp³-hybridized carbons (Fsp3) is 0.216. The molecule has 0 saturated heterocycles. The molecule has 4 aromatic carbocycles. The van der Waals surface area contributed by atoms with Gasteiger partial charge in [0.25, 0.3) is 11.5 Å². The Morgan fingerprint density at radius 3 is 2.43 bits per heavy atom. The molecule has 0 N–H and O–H groups in total. The molecule has 6 rings (SSSR count). The van der Waals surface area contributed by atoms with Crippen LogP contribution < -0.4 is 24.4 Å². The van der Waals surface area contributed by atoms with Gasteiger partial charge in [0.15, 0.2) is 4.80 Å². The van der Waals surface area contributed by atoms with Crippen LogP contribution in [-0.4, -0.2) is 35.6 Å². The summed E-state index contributed by atoms with van der Waals surface area (Å²) in [7, 11) is 1.60. The van der Waals surface area contributed by atoms with E-state index in [1.54, 1.807) is 16.6 Å². The molecule has 0 unspecified atom stereocenters. The van der Waals surface area contributed by atoms with Crippen LogP contribution in [0.3, 0.4) is 0 Å². The first-order valence-corrected chi connectivity index (χ1v) is 16.8. The number of nitrogens with zero attached hydrogens (tertiary/aromatic N) is 3. The number of amides is 1. The Balaban J connectivity index is 1.55. The van der Waals surface area contributed by atoms with E-state index in [1.807, 2.05) is 112 Å². The number of hydrogen-bond donors (Lipinski definition) is 0. The van der Waals surface area contributed by atoms with E-state index in [0.717, 1.165) is 31.9 Å². The molecule has 2 heterocycles. The van der Waals surface area contributed by atoms with Crippen molar-refractivity contribution in [3.05, 3.63) is 137 Å². The Morgan fingerprint density at radius 1 is 0.978 bits per heavy atom. The number of methoxy groups -OCH3 is 1. The van der Waals surface area contributed by atoms with Gasteiger partial charge in [0.1, 0.15) is 24.1 Å². The van der Waals surface area contributed by atoms with Gasteiger partial charge in [-0.2, -0.15) is 0 Å². The number of ether oxygens (including phenoxy) is 2. The molecule has 1 aliphatic heterocycles. The van der Waals surface area contributed by atoms with Gasteiger partial charge < -0.3 is 14.4 Å². The summed E-state index contributed by atoms with van der Waals surface area (Å²) in [5, 5.41) is 2.00. The number of allylic oxidation sites excluding steroid dienone is 1. The zero-order chi connectivity index (χ0) is 32.4. The maximum atomic E-state index is 14.5. The number of hydrogen-bond acceptors (Lipinski definition) is 6. The zero-order valence-electron chi connectivity index (χ0n) is 26.1. The average Bonchev–Trinajstić information content (AvgIpc) is 3.38. The molecule has 1 amide bonds. The lowest BCUT2D eigenvalue weighted by Gasteiger charge is -2.29. The number of thiazole rings is 1. The van der Waals surface area contributed by atoms with E-state index in [1.165, 1.54) is 11.3 Å². The van der Waals surface area contributed by atoms with Crippen molar-refractivity contribution in [1.82, 2.24) is 9.47 Å². The number of para-hydroxylation sites is 1. The normalized spacial score (nSPS) is 14.6. The van der Waals surface area contributed by atoms with Crippen LogP contribution in [0.4, 0.5) is 0 Å². The molecule has 0 spiro atoms. The fourth-order valence-corrected chi connectivity index (χ4v) is 7.18. The fourth-order valence-electron chi connectivity index (χ4n) is 5.89. The number of carbonyl (C=O) groups excluding carboxylic acids is 1. The van der Waals surface area contributed by atoms with Crippen molar-refractivity contribution >= 4 is 50.0 Å². The van der Waals surface area contributed by atoms with Crippen molar-refractivity contribution in [2.45, 2.75) is 33.4 Å². The SMILES string of the molecule is CCN(CC)C(=O)C1=C(C)N=c2s/c(=C/c3c(OCc4ccc(Br)cc4)ccc4ccccc34)c(=O)n2[C@@H]1c1ccccc1OC. The number of rotatable bonds is 9. The second-order valence-corrected chi connectivity index (χ2v) is 12.8. The largest absolute Gasteiger partial charge is 0.496 e. The van der Waals surface area contributed by atoms with Crippen LogP contribution in [-0.2, 0) is 11.4 Å². The number of likely N-dealkylation sites (N-methyl/N-ethyl adjacent to an activating group) is 1. The lowest BCUT2D eigenvalue weighted by Crippen LogP contribution is -2.43. The van der Waals surface area contributed by atoms with Gasteiger partial charge in [-0.25, -0.2) is 4.99 Å². The van der Waals surface area contributed by atoms with Crippen molar-refractivity contribution in [2.75, 3.05) is 20.2 Å². The van der Waals surface area contributed by atoms with Crippen molar-refractivity contribution in [3.63, 3.8) is 0 Å². The smallest absolute Gasteiger partial charge is 0.271 e. The Hall–Kier alpha value is -4.47. The Bertz CT molecular complexity index is 2150. The van der Waals surface area contributed by atoms with Crippen LogP contribution in [0.25, 0.3) is 16.8 Å². The van der Waals surface area contributed by atoms with Crippen LogP contribution in [0, 0.1) is 0 Å². The summed E-state index contributed by atoms with van der Waals surface area (Å²) < 4.78 is 15.3. The molecule has 1 atom stereocenters. The van der Waals surface area contributed by atoms with Crippen molar-refractivity contribution in [3.8, 4) is 11.5 Å². The van der Waals surface area contributed by atoms with E-state index in [4.69, 9.17) is 14.5 Å². The summed E-state index contributed by atoms with van der Waals surface area (Å²) in [4.78, 5) is 35.6. The first-order valence-electron chi connectivity index (χ1n) is 15.2. The van der Waals surface area contributed by atoms with Crippen molar-refractivity contribution < 1.29 is 14.3 Å². The quantitative estimate of drug-likeness (QED) is 0.174. The number of aromatic nitrogens is 1. The monoisotopic (exact) mass is 695 g/mol. The lowest BCUT2D eigenvalue weighted by atomic mass is 9.94. The van der Waals surface area contributed by atoms with Crippen molar-refractivity contribution in [1.29, 1.82) is 0 Å². The highest BCUT2D eigenvalue weighted by atomic mass is 79.9. The number of fused-ring (bicyclic) bond motifs is 2. The van der Waals surface area contributed by atoms with Gasteiger partial charge in [-0.05, 0) is 67.4 Å². The molecule has 1 aliphatic rings. The summed E-state index contributed by atoms with van der Waals surface area (Å²) >= 11 is 4.80. The van der Waals surface area contributed by atoms with Gasteiger partial charge in [-0.1, -0.05) is 87.9 Å². The summed E-state index contributed by atoms with van der Waals surface area (Å²) in [5.41, 5.74) is 3.39. The van der Waals surface area contributed by atoms with E-state index in [0.29, 0.717) is 51.8 Å². The molecule has 234 valence electrons. The third kappa shape index (κ3) is 5.92. The third-order valence-electron chi connectivity index (χ3n) is 8.25. The predicted octanol–water partition coefficient (Wildman–Crippen LogP) is 6.61. The Morgan fingerprint density at radius 2 is 1.70 bits per heavy atom. The van der Waals surface area contributed by atoms with Gasteiger partial charge >= 0.3 is 0 Å². The third-order valence-corrected chi connectivity index (χ3v) is 9.76. The zero-order valence-corrected chi connectivity index (χ0v) is 28.5. The topological polar surface area (TPSA) is 73.1 Å². The summed E-state index contributed by atoms with van der Waals surface area (Å²) in [6.45, 7) is 7.20. The molecular formula is C37H34BrN3O4S. The molecule has 0 radical (unpaired) electrons. The van der Waals surface area contributed by atoms with E-state index in [2.05, 4.69) is 15.9 Å².